The number of para-hydroxylation sites is 1. The number of rotatable bonds is 12. The van der Waals surface area contributed by atoms with Crippen molar-refractivity contribution in [2.75, 3.05) is 4.90 Å². The quantitative estimate of drug-likeness (QED) is 0.155. The Hall–Kier alpha value is -4.13. The van der Waals surface area contributed by atoms with Gasteiger partial charge < -0.3 is 16.0 Å². The number of primary amides is 1. The first-order valence-electron chi connectivity index (χ1n) is 17.4. The fourth-order valence-electron chi connectivity index (χ4n) is 7.66. The third-order valence-electron chi connectivity index (χ3n) is 10.2. The van der Waals surface area contributed by atoms with Gasteiger partial charge in [0.15, 0.2) is 0 Å². The van der Waals surface area contributed by atoms with E-state index in [-0.39, 0.29) is 18.4 Å². The number of nitrogens with two attached hydrogens (primary N) is 1. The van der Waals surface area contributed by atoms with Crippen molar-refractivity contribution in [3.05, 3.63) is 112 Å². The van der Waals surface area contributed by atoms with Crippen molar-refractivity contribution in [1.29, 1.82) is 0 Å². The summed E-state index contributed by atoms with van der Waals surface area (Å²) < 4.78 is 0. The molecule has 0 radical (unpaired) electrons. The summed E-state index contributed by atoms with van der Waals surface area (Å²) in [4.78, 5) is 44.0. The molecule has 4 aromatic rings. The zero-order chi connectivity index (χ0) is 34.5. The van der Waals surface area contributed by atoms with Crippen molar-refractivity contribution in [3.63, 3.8) is 0 Å². The van der Waals surface area contributed by atoms with Gasteiger partial charge in [0.2, 0.25) is 11.8 Å². The van der Waals surface area contributed by atoms with Gasteiger partial charge in [0.1, 0.15) is 6.04 Å². The molecule has 1 aliphatic carbocycles. The van der Waals surface area contributed by atoms with Crippen molar-refractivity contribution >= 4 is 46.6 Å². The highest BCUT2D eigenvalue weighted by Crippen LogP contribution is 2.42. The van der Waals surface area contributed by atoms with Crippen LogP contribution in [0.4, 0.5) is 5.69 Å². The minimum absolute atomic E-state index is 0.246. The molecule has 8 heteroatoms. The van der Waals surface area contributed by atoms with Crippen molar-refractivity contribution in [2.45, 2.75) is 70.9 Å². The lowest BCUT2D eigenvalue weighted by molar-refractivity contribution is -0.136. The van der Waals surface area contributed by atoms with E-state index in [0.29, 0.717) is 28.8 Å². The monoisotopic (exact) mass is 695 g/mol. The molecule has 0 aromatic heterocycles. The first-order valence-corrected chi connectivity index (χ1v) is 18.1. The third-order valence-corrected chi connectivity index (χ3v) is 10.7. The molecule has 1 fully saturated rings. The standard InChI is InChI=1S/C41H43Cl2N3O3/c1-2-3-15-34(39(44)47)35(23-26-11-4-5-12-26)40(48)45-38-33-18-7-6-16-31(33)32-17-8-9-19-37(32)46(41(38)49)25-27-13-10-14-28(22-27)30-21-20-29(42)24-36(30)43/h6-10,13-14,16-22,24,26,34-35,38H,2-5,11-12,15,23,25H2,1H3,(H2,44,47)(H,45,48). The molecule has 4 aromatic carbocycles. The number of fused-ring (bicyclic) bond motifs is 3. The van der Waals surface area contributed by atoms with Gasteiger partial charge in [0, 0.05) is 33.0 Å². The minimum atomic E-state index is -0.962. The molecule has 3 atom stereocenters. The van der Waals surface area contributed by atoms with Crippen molar-refractivity contribution in [3.8, 4) is 22.3 Å². The lowest BCUT2D eigenvalue weighted by Crippen LogP contribution is -2.47. The molecule has 6 rings (SSSR count). The summed E-state index contributed by atoms with van der Waals surface area (Å²) in [6.07, 6.45) is 7.18. The van der Waals surface area contributed by atoms with E-state index in [1.54, 1.807) is 17.0 Å². The molecule has 1 saturated carbocycles. The maximum Gasteiger partial charge on any atom is 0.254 e. The van der Waals surface area contributed by atoms with Crippen LogP contribution in [0.5, 0.6) is 0 Å². The Bertz CT molecular complexity index is 1840. The largest absolute Gasteiger partial charge is 0.369 e. The van der Waals surface area contributed by atoms with Crippen LogP contribution in [0.15, 0.2) is 91.0 Å². The number of nitrogens with one attached hydrogen (secondary N) is 1. The number of amides is 3. The number of hydrogen-bond donors (Lipinski definition) is 2. The highest BCUT2D eigenvalue weighted by Gasteiger charge is 2.40. The van der Waals surface area contributed by atoms with Gasteiger partial charge in [-0.1, -0.05) is 135 Å². The molecule has 3 unspecified atom stereocenters. The van der Waals surface area contributed by atoms with Crippen molar-refractivity contribution in [1.82, 2.24) is 5.32 Å². The second-order valence-corrected chi connectivity index (χ2v) is 14.3. The number of halogens is 2. The van der Waals surface area contributed by atoms with Gasteiger partial charge in [-0.25, -0.2) is 0 Å². The first kappa shape index (κ1) is 34.7. The average Bonchev–Trinajstić information content (AvgIpc) is 3.59. The van der Waals surface area contributed by atoms with Crippen molar-refractivity contribution in [2.24, 2.45) is 23.5 Å². The molecule has 3 amide bonds. The average molecular weight is 697 g/mol. The highest BCUT2D eigenvalue weighted by molar-refractivity contribution is 6.36. The third kappa shape index (κ3) is 7.71. The summed E-state index contributed by atoms with van der Waals surface area (Å²) in [7, 11) is 0. The van der Waals surface area contributed by atoms with Crippen LogP contribution in [0.1, 0.15) is 75.5 Å². The number of carbonyl (C=O) groups is 3. The summed E-state index contributed by atoms with van der Waals surface area (Å²) >= 11 is 12.7. The Morgan fingerprint density at radius 2 is 1.61 bits per heavy atom. The number of benzene rings is 4. The second kappa shape index (κ2) is 15.6. The molecule has 6 nitrogen and oxygen atoms in total. The lowest BCUT2D eigenvalue weighted by Gasteiger charge is -2.30. The highest BCUT2D eigenvalue weighted by atomic mass is 35.5. The summed E-state index contributed by atoms with van der Waals surface area (Å²) in [5.41, 5.74) is 11.9. The van der Waals surface area contributed by atoms with Crippen LogP contribution in [-0.2, 0) is 20.9 Å². The maximum absolute atomic E-state index is 14.9. The normalized spacial score (nSPS) is 17.2. The van der Waals surface area contributed by atoms with Gasteiger partial charge >= 0.3 is 0 Å². The second-order valence-electron chi connectivity index (χ2n) is 13.4. The van der Waals surface area contributed by atoms with Crippen LogP contribution < -0.4 is 16.0 Å². The Balaban J connectivity index is 1.38. The Labute approximate surface area is 299 Å². The van der Waals surface area contributed by atoms with E-state index in [0.717, 1.165) is 77.6 Å². The smallest absolute Gasteiger partial charge is 0.254 e. The van der Waals surface area contributed by atoms with Crippen LogP contribution in [0.2, 0.25) is 10.0 Å². The van der Waals surface area contributed by atoms with Crippen LogP contribution >= 0.6 is 23.2 Å². The zero-order valence-corrected chi connectivity index (χ0v) is 29.4. The van der Waals surface area contributed by atoms with E-state index in [4.69, 9.17) is 28.9 Å². The van der Waals surface area contributed by atoms with E-state index in [2.05, 4.69) is 12.2 Å². The fourth-order valence-corrected chi connectivity index (χ4v) is 8.18. The molecule has 49 heavy (non-hydrogen) atoms. The molecule has 254 valence electrons. The van der Waals surface area contributed by atoms with Gasteiger partial charge in [-0.05, 0) is 65.3 Å². The summed E-state index contributed by atoms with van der Waals surface area (Å²) in [6.45, 7) is 2.33. The van der Waals surface area contributed by atoms with Gasteiger partial charge in [0.05, 0.1) is 12.2 Å². The lowest BCUT2D eigenvalue weighted by atomic mass is 9.79. The Morgan fingerprint density at radius 3 is 2.35 bits per heavy atom. The summed E-state index contributed by atoms with van der Waals surface area (Å²) in [5.74, 6) is -1.82. The Kier molecular flexibility index (Phi) is 11.1. The van der Waals surface area contributed by atoms with Gasteiger partial charge in [-0.2, -0.15) is 0 Å². The molecular formula is C41H43Cl2N3O3. The van der Waals surface area contributed by atoms with Crippen molar-refractivity contribution < 1.29 is 14.4 Å². The number of nitrogens with zero attached hydrogens (tertiary/aromatic N) is 1. The van der Waals surface area contributed by atoms with E-state index < -0.39 is 23.8 Å². The SMILES string of the molecule is CCCCC(C(N)=O)C(CC1CCCC1)C(=O)NC1C(=O)N(Cc2cccc(-c3ccc(Cl)cc3Cl)c2)c2ccccc2-c2ccccc21. The van der Waals surface area contributed by atoms with E-state index in [9.17, 15) is 14.4 Å². The van der Waals surface area contributed by atoms with Crippen LogP contribution in [0, 0.1) is 17.8 Å². The molecule has 0 bridgehead atoms. The molecule has 1 heterocycles. The summed E-state index contributed by atoms with van der Waals surface area (Å²) in [6, 6.07) is 28.0. The van der Waals surface area contributed by atoms with Crippen LogP contribution in [0.3, 0.4) is 0 Å². The van der Waals surface area contributed by atoms with E-state index >= 15 is 0 Å². The van der Waals surface area contributed by atoms with Gasteiger partial charge in [-0.15, -0.1) is 0 Å². The van der Waals surface area contributed by atoms with Crippen LogP contribution in [0.25, 0.3) is 22.3 Å². The van der Waals surface area contributed by atoms with Gasteiger partial charge in [-0.3, -0.25) is 14.4 Å². The topological polar surface area (TPSA) is 92.5 Å². The summed E-state index contributed by atoms with van der Waals surface area (Å²) in [5, 5.41) is 4.28. The van der Waals surface area contributed by atoms with Gasteiger partial charge in [0.25, 0.3) is 5.91 Å². The first-order chi connectivity index (χ1) is 23.7. The molecule has 0 saturated heterocycles. The molecule has 2 aliphatic rings. The predicted octanol–water partition coefficient (Wildman–Crippen LogP) is 9.52. The van der Waals surface area contributed by atoms with E-state index in [1.807, 2.05) is 78.9 Å². The maximum atomic E-state index is 14.9. The predicted molar refractivity (Wildman–Crippen MR) is 198 cm³/mol. The Morgan fingerprint density at radius 1 is 0.878 bits per heavy atom. The fraction of sp³-hybridized carbons (Fsp3) is 0.341. The molecule has 1 aliphatic heterocycles. The number of unbranched alkanes of at least 4 members (excludes halogenated alkanes) is 1. The molecular weight excluding hydrogens is 653 g/mol. The number of anilines is 1. The van der Waals surface area contributed by atoms with Crippen LogP contribution in [-0.4, -0.2) is 17.7 Å². The zero-order valence-electron chi connectivity index (χ0n) is 27.8. The molecule has 0 spiro atoms. The number of hydrogen-bond acceptors (Lipinski definition) is 3. The van der Waals surface area contributed by atoms with E-state index in [1.165, 1.54) is 0 Å². The molecule has 3 N–H and O–H groups in total. The minimum Gasteiger partial charge on any atom is -0.369 e. The number of carbonyl (C=O) groups excluding carboxylic acids is 3.